The summed E-state index contributed by atoms with van der Waals surface area (Å²) in [5.74, 6) is 0.114. The third kappa shape index (κ3) is 3.40. The minimum Gasteiger partial charge on any atom is -0.342 e. The number of hydrogen-bond donors (Lipinski definition) is 0. The van der Waals surface area contributed by atoms with Crippen LogP contribution in [-0.2, 0) is 0 Å². The molecule has 1 unspecified atom stereocenters. The molecular weight excluding hydrogens is 356 g/mol. The van der Waals surface area contributed by atoms with E-state index in [-0.39, 0.29) is 11.8 Å². The number of rotatable bonds is 4. The number of dihydropyridines is 1. The topological polar surface area (TPSA) is 32.7 Å². The summed E-state index contributed by atoms with van der Waals surface area (Å²) in [5.41, 5.74) is 6.64. The fourth-order valence-corrected chi connectivity index (χ4v) is 4.16. The summed E-state index contributed by atoms with van der Waals surface area (Å²) >= 11 is 0. The number of ketones is 1. The van der Waals surface area contributed by atoms with E-state index in [0.717, 1.165) is 35.2 Å². The van der Waals surface area contributed by atoms with Crippen LogP contribution in [0.25, 0.3) is 11.1 Å². The number of allylic oxidation sites excluding steroid dienone is 4. The zero-order valence-corrected chi connectivity index (χ0v) is 16.2. The summed E-state index contributed by atoms with van der Waals surface area (Å²) in [4.78, 5) is 19.8. The van der Waals surface area contributed by atoms with Crippen LogP contribution in [0.15, 0.2) is 107 Å². The van der Waals surface area contributed by atoms with Crippen LogP contribution in [0.5, 0.6) is 0 Å². The van der Waals surface area contributed by atoms with Crippen molar-refractivity contribution in [2.24, 2.45) is 4.99 Å². The second kappa shape index (κ2) is 7.51. The van der Waals surface area contributed by atoms with Crippen LogP contribution in [0.1, 0.15) is 23.2 Å². The Morgan fingerprint density at radius 2 is 1.79 bits per heavy atom. The Hall–Kier alpha value is -3.46. The van der Waals surface area contributed by atoms with Gasteiger partial charge in [0.2, 0.25) is 0 Å². The number of carbonyl (C=O) groups excluding carboxylic acids is 1. The largest absolute Gasteiger partial charge is 0.342 e. The highest BCUT2D eigenvalue weighted by Gasteiger charge is 2.30. The van der Waals surface area contributed by atoms with E-state index in [4.69, 9.17) is 4.99 Å². The van der Waals surface area contributed by atoms with Gasteiger partial charge in [-0.1, -0.05) is 78.9 Å². The van der Waals surface area contributed by atoms with E-state index in [1.54, 1.807) is 0 Å². The summed E-state index contributed by atoms with van der Waals surface area (Å²) < 4.78 is 0. The van der Waals surface area contributed by atoms with Gasteiger partial charge < -0.3 is 4.90 Å². The van der Waals surface area contributed by atoms with Crippen LogP contribution in [0, 0.1) is 0 Å². The van der Waals surface area contributed by atoms with Crippen LogP contribution >= 0.6 is 0 Å². The molecule has 3 nitrogen and oxygen atoms in total. The van der Waals surface area contributed by atoms with E-state index in [0.29, 0.717) is 6.54 Å². The van der Waals surface area contributed by atoms with Crippen LogP contribution < -0.4 is 0 Å². The van der Waals surface area contributed by atoms with E-state index in [2.05, 4.69) is 41.3 Å². The van der Waals surface area contributed by atoms with Crippen molar-refractivity contribution < 1.29 is 4.79 Å². The van der Waals surface area contributed by atoms with Gasteiger partial charge in [-0.2, -0.15) is 0 Å². The van der Waals surface area contributed by atoms with Crippen LogP contribution in [0.4, 0.5) is 0 Å². The standard InChI is InChI=1S/C26H22N2O/c29-24(21-12-10-20(11-13-21)19-6-2-1-3-7-19)18-28-17-5-9-23-15-14-22-8-4-16-27-25(22)26(23)28/h1-3,5-8,10-17,25H,4,9,18H2. The van der Waals surface area contributed by atoms with Gasteiger partial charge in [0.05, 0.1) is 12.2 Å². The van der Waals surface area contributed by atoms with Gasteiger partial charge in [-0.15, -0.1) is 0 Å². The van der Waals surface area contributed by atoms with Crippen molar-refractivity contribution in [1.82, 2.24) is 4.90 Å². The monoisotopic (exact) mass is 378 g/mol. The highest BCUT2D eigenvalue weighted by molar-refractivity contribution is 5.98. The lowest BCUT2D eigenvalue weighted by atomic mass is 9.88. The highest BCUT2D eigenvalue weighted by Crippen LogP contribution is 2.35. The molecule has 5 rings (SSSR count). The molecule has 0 amide bonds. The molecule has 3 heteroatoms. The van der Waals surface area contributed by atoms with Gasteiger partial charge in [0.1, 0.15) is 6.04 Å². The Balaban J connectivity index is 1.37. The minimum absolute atomic E-state index is 0.0157. The molecule has 1 aliphatic carbocycles. The summed E-state index contributed by atoms with van der Waals surface area (Å²) in [7, 11) is 0. The molecule has 29 heavy (non-hydrogen) atoms. The Bertz CT molecular complexity index is 1090. The van der Waals surface area contributed by atoms with Gasteiger partial charge in [0.25, 0.3) is 0 Å². The summed E-state index contributed by atoms with van der Waals surface area (Å²) in [6.45, 7) is 0.327. The van der Waals surface area contributed by atoms with Crippen LogP contribution in [-0.4, -0.2) is 29.5 Å². The van der Waals surface area contributed by atoms with Gasteiger partial charge >= 0.3 is 0 Å². The molecule has 2 aromatic rings. The van der Waals surface area contributed by atoms with Crippen LogP contribution in [0.2, 0.25) is 0 Å². The maximum Gasteiger partial charge on any atom is 0.182 e. The molecule has 3 aliphatic rings. The maximum atomic E-state index is 13.0. The summed E-state index contributed by atoms with van der Waals surface area (Å²) in [5, 5.41) is 0. The predicted octanol–water partition coefficient (Wildman–Crippen LogP) is 5.35. The number of hydrogen-bond acceptors (Lipinski definition) is 3. The molecule has 0 N–H and O–H groups in total. The molecule has 2 heterocycles. The van der Waals surface area contributed by atoms with Gasteiger partial charge in [-0.25, -0.2) is 0 Å². The molecule has 0 radical (unpaired) electrons. The molecule has 142 valence electrons. The smallest absolute Gasteiger partial charge is 0.182 e. The SMILES string of the molecule is O=C(CN1C=CCC2=C1C1N=CCC=C1C=C2)c1ccc(-c2ccccc2)cc1. The highest BCUT2D eigenvalue weighted by atomic mass is 16.1. The van der Waals surface area contributed by atoms with Gasteiger partial charge in [-0.3, -0.25) is 9.79 Å². The molecule has 0 spiro atoms. The van der Waals surface area contributed by atoms with Gasteiger partial charge in [0.15, 0.2) is 5.78 Å². The molecule has 1 atom stereocenters. The zero-order chi connectivity index (χ0) is 19.6. The average Bonchev–Trinajstić information content (AvgIpc) is 2.79. The number of Topliss-reactive ketones (excluding diaryl/α,β-unsaturated/α-hetero) is 1. The van der Waals surface area contributed by atoms with Crippen molar-refractivity contribution in [2.45, 2.75) is 18.9 Å². The molecule has 0 saturated heterocycles. The van der Waals surface area contributed by atoms with E-state index in [9.17, 15) is 4.79 Å². The molecule has 0 saturated carbocycles. The number of aliphatic imine (C=N–C) groups is 1. The Kier molecular flexibility index (Phi) is 4.57. The van der Waals surface area contributed by atoms with Crippen molar-refractivity contribution in [3.63, 3.8) is 0 Å². The quantitative estimate of drug-likeness (QED) is 0.672. The molecule has 0 aromatic heterocycles. The van der Waals surface area contributed by atoms with Crippen molar-refractivity contribution >= 4 is 12.0 Å². The average molecular weight is 378 g/mol. The molecule has 0 bridgehead atoms. The van der Waals surface area contributed by atoms with Crippen LogP contribution in [0.3, 0.4) is 0 Å². The van der Waals surface area contributed by atoms with Gasteiger partial charge in [0, 0.05) is 24.4 Å². The van der Waals surface area contributed by atoms with E-state index in [1.165, 1.54) is 11.1 Å². The molecule has 2 aliphatic heterocycles. The third-order valence-electron chi connectivity index (χ3n) is 5.65. The first-order valence-electron chi connectivity index (χ1n) is 10.0. The number of benzene rings is 2. The Labute approximate surface area is 171 Å². The zero-order valence-electron chi connectivity index (χ0n) is 16.2. The maximum absolute atomic E-state index is 13.0. The van der Waals surface area contributed by atoms with Crippen molar-refractivity contribution in [3.8, 4) is 11.1 Å². The second-order valence-electron chi connectivity index (χ2n) is 7.50. The predicted molar refractivity (Wildman–Crippen MR) is 118 cm³/mol. The van der Waals surface area contributed by atoms with Crippen molar-refractivity contribution in [3.05, 3.63) is 108 Å². The minimum atomic E-state index is 0.0157. The Morgan fingerprint density at radius 1 is 1.00 bits per heavy atom. The summed E-state index contributed by atoms with van der Waals surface area (Å²) in [6.07, 6.45) is 14.5. The summed E-state index contributed by atoms with van der Waals surface area (Å²) in [6, 6.07) is 18.1. The Morgan fingerprint density at radius 3 is 2.62 bits per heavy atom. The lowest BCUT2D eigenvalue weighted by molar-refractivity contribution is 0.0964. The van der Waals surface area contributed by atoms with E-state index in [1.807, 2.05) is 54.9 Å². The van der Waals surface area contributed by atoms with Crippen molar-refractivity contribution in [1.29, 1.82) is 0 Å². The normalized spacial score (nSPS) is 19.7. The number of fused-ring (bicyclic) bond motifs is 2. The van der Waals surface area contributed by atoms with Crippen molar-refractivity contribution in [2.75, 3.05) is 6.54 Å². The third-order valence-corrected chi connectivity index (χ3v) is 5.65. The number of carbonyl (C=O) groups is 1. The second-order valence-corrected chi connectivity index (χ2v) is 7.50. The fourth-order valence-electron chi connectivity index (χ4n) is 4.16. The number of nitrogens with zero attached hydrogens (tertiary/aromatic N) is 2. The first-order valence-corrected chi connectivity index (χ1v) is 10.0. The molecule has 0 fully saturated rings. The lowest BCUT2D eigenvalue weighted by Crippen LogP contribution is -2.35. The molecular formula is C26H22N2O. The first-order chi connectivity index (χ1) is 14.3. The lowest BCUT2D eigenvalue weighted by Gasteiger charge is -2.35. The van der Waals surface area contributed by atoms with E-state index >= 15 is 0 Å². The van der Waals surface area contributed by atoms with E-state index < -0.39 is 0 Å². The van der Waals surface area contributed by atoms with Gasteiger partial charge in [-0.05, 0) is 28.7 Å². The molecule has 2 aromatic carbocycles. The first kappa shape index (κ1) is 17.6. The fraction of sp³-hybridized carbons (Fsp3) is 0.154.